The van der Waals surface area contributed by atoms with E-state index in [1.165, 1.54) is 24.0 Å². The summed E-state index contributed by atoms with van der Waals surface area (Å²) in [5.74, 6) is 0.306. The second-order valence-electron chi connectivity index (χ2n) is 5.79. The fourth-order valence-electron chi connectivity index (χ4n) is 3.02. The standard InChI is InChI=1S/C17H24N2/c1-14-5-3-4-6-16(14)11-12-19(2)17-9-7-15(13-18)8-10-17/h3-6,15,17H,7-12H2,1-2H3. The summed E-state index contributed by atoms with van der Waals surface area (Å²) in [6.07, 6.45) is 5.65. The smallest absolute Gasteiger partial charge is 0.0655 e. The van der Waals surface area contributed by atoms with E-state index in [0.29, 0.717) is 12.0 Å². The lowest BCUT2D eigenvalue weighted by atomic mass is 9.86. The highest BCUT2D eigenvalue weighted by atomic mass is 15.1. The van der Waals surface area contributed by atoms with Gasteiger partial charge in [-0.2, -0.15) is 5.26 Å². The van der Waals surface area contributed by atoms with Crippen LogP contribution in [0.25, 0.3) is 0 Å². The van der Waals surface area contributed by atoms with Crippen LogP contribution in [0.15, 0.2) is 24.3 Å². The van der Waals surface area contributed by atoms with Gasteiger partial charge in [0.15, 0.2) is 0 Å². The molecule has 1 saturated carbocycles. The third-order valence-corrected chi connectivity index (χ3v) is 4.50. The Hall–Kier alpha value is -1.33. The second-order valence-corrected chi connectivity index (χ2v) is 5.79. The van der Waals surface area contributed by atoms with Crippen LogP contribution in [0, 0.1) is 24.2 Å². The van der Waals surface area contributed by atoms with Crippen LogP contribution >= 0.6 is 0 Å². The molecule has 2 nitrogen and oxygen atoms in total. The van der Waals surface area contributed by atoms with Crippen molar-refractivity contribution in [1.29, 1.82) is 5.26 Å². The summed E-state index contributed by atoms with van der Waals surface area (Å²) in [7, 11) is 2.23. The Morgan fingerprint density at radius 2 is 1.89 bits per heavy atom. The van der Waals surface area contributed by atoms with E-state index < -0.39 is 0 Å². The van der Waals surface area contributed by atoms with Crippen molar-refractivity contribution >= 4 is 0 Å². The van der Waals surface area contributed by atoms with Crippen LogP contribution in [0.2, 0.25) is 0 Å². The molecule has 0 amide bonds. The molecular weight excluding hydrogens is 232 g/mol. The van der Waals surface area contributed by atoms with Crippen LogP contribution in [0.5, 0.6) is 0 Å². The van der Waals surface area contributed by atoms with Crippen molar-refractivity contribution < 1.29 is 0 Å². The average Bonchev–Trinajstić information content (AvgIpc) is 2.46. The average molecular weight is 256 g/mol. The zero-order valence-electron chi connectivity index (χ0n) is 12.1. The summed E-state index contributed by atoms with van der Waals surface area (Å²) >= 11 is 0. The molecule has 0 bridgehead atoms. The lowest BCUT2D eigenvalue weighted by molar-refractivity contribution is 0.180. The van der Waals surface area contributed by atoms with Gasteiger partial charge in [0.05, 0.1) is 6.07 Å². The van der Waals surface area contributed by atoms with Gasteiger partial charge in [0.1, 0.15) is 0 Å². The van der Waals surface area contributed by atoms with Crippen LogP contribution in [-0.2, 0) is 6.42 Å². The maximum absolute atomic E-state index is 8.93. The maximum atomic E-state index is 8.93. The van der Waals surface area contributed by atoms with E-state index in [1.807, 2.05) is 0 Å². The Kier molecular flexibility index (Phi) is 4.99. The minimum atomic E-state index is 0.306. The second kappa shape index (κ2) is 6.73. The number of hydrogen-bond acceptors (Lipinski definition) is 2. The third kappa shape index (κ3) is 3.81. The lowest BCUT2D eigenvalue weighted by Gasteiger charge is -2.32. The predicted molar refractivity (Wildman–Crippen MR) is 78.9 cm³/mol. The first-order chi connectivity index (χ1) is 9.20. The molecule has 0 aromatic heterocycles. The van der Waals surface area contributed by atoms with Gasteiger partial charge in [0.2, 0.25) is 0 Å². The van der Waals surface area contributed by atoms with Gasteiger partial charge < -0.3 is 4.90 Å². The monoisotopic (exact) mass is 256 g/mol. The number of hydrogen-bond donors (Lipinski definition) is 0. The molecule has 0 saturated heterocycles. The largest absolute Gasteiger partial charge is 0.303 e. The molecule has 0 heterocycles. The summed E-state index contributed by atoms with van der Waals surface area (Å²) in [6, 6.07) is 11.7. The minimum Gasteiger partial charge on any atom is -0.303 e. The molecule has 1 aromatic rings. The highest BCUT2D eigenvalue weighted by Crippen LogP contribution is 2.26. The van der Waals surface area contributed by atoms with E-state index in [-0.39, 0.29) is 0 Å². The summed E-state index contributed by atoms with van der Waals surface area (Å²) in [5.41, 5.74) is 2.85. The maximum Gasteiger partial charge on any atom is 0.0655 e. The minimum absolute atomic E-state index is 0.306. The zero-order chi connectivity index (χ0) is 13.7. The Bertz CT molecular complexity index is 439. The molecule has 0 N–H and O–H groups in total. The van der Waals surface area contributed by atoms with E-state index in [1.54, 1.807) is 0 Å². The Morgan fingerprint density at radius 1 is 1.21 bits per heavy atom. The van der Waals surface area contributed by atoms with Crippen LogP contribution in [0.1, 0.15) is 36.8 Å². The molecule has 2 rings (SSSR count). The molecule has 1 aliphatic rings. The summed E-state index contributed by atoms with van der Waals surface area (Å²) in [4.78, 5) is 2.49. The van der Waals surface area contributed by atoms with Gasteiger partial charge in [-0.25, -0.2) is 0 Å². The summed E-state index contributed by atoms with van der Waals surface area (Å²) in [5, 5.41) is 8.93. The van der Waals surface area contributed by atoms with Crippen molar-refractivity contribution in [2.75, 3.05) is 13.6 Å². The summed E-state index contributed by atoms with van der Waals surface area (Å²) < 4.78 is 0. The number of rotatable bonds is 4. The van der Waals surface area contributed by atoms with Gasteiger partial charge in [-0.15, -0.1) is 0 Å². The molecule has 2 heteroatoms. The predicted octanol–water partition coefficient (Wildman–Crippen LogP) is 3.55. The number of nitrogens with zero attached hydrogens (tertiary/aromatic N) is 2. The molecule has 0 aliphatic heterocycles. The van der Waals surface area contributed by atoms with Gasteiger partial charge in [0.25, 0.3) is 0 Å². The SMILES string of the molecule is Cc1ccccc1CCN(C)C1CCC(C#N)CC1. The topological polar surface area (TPSA) is 27.0 Å². The van der Waals surface area contributed by atoms with Crippen molar-refractivity contribution in [2.24, 2.45) is 5.92 Å². The first kappa shape index (κ1) is 14.1. The van der Waals surface area contributed by atoms with Crippen LogP contribution in [-0.4, -0.2) is 24.5 Å². The zero-order valence-corrected chi connectivity index (χ0v) is 12.1. The van der Waals surface area contributed by atoms with E-state index in [9.17, 15) is 0 Å². The van der Waals surface area contributed by atoms with Crippen molar-refractivity contribution in [1.82, 2.24) is 4.90 Å². The number of benzene rings is 1. The highest BCUT2D eigenvalue weighted by molar-refractivity contribution is 5.25. The first-order valence-electron chi connectivity index (χ1n) is 7.35. The van der Waals surface area contributed by atoms with Gasteiger partial charge >= 0.3 is 0 Å². The highest BCUT2D eigenvalue weighted by Gasteiger charge is 2.23. The number of aryl methyl sites for hydroxylation is 1. The van der Waals surface area contributed by atoms with Crippen molar-refractivity contribution in [3.05, 3.63) is 35.4 Å². The van der Waals surface area contributed by atoms with Crippen molar-refractivity contribution in [3.8, 4) is 6.07 Å². The number of nitriles is 1. The van der Waals surface area contributed by atoms with Gasteiger partial charge in [-0.1, -0.05) is 24.3 Å². The molecule has 0 spiro atoms. The fraction of sp³-hybridized carbons (Fsp3) is 0.588. The van der Waals surface area contributed by atoms with Crippen molar-refractivity contribution in [2.45, 2.75) is 45.1 Å². The molecule has 1 aromatic carbocycles. The van der Waals surface area contributed by atoms with Crippen LogP contribution in [0.4, 0.5) is 0 Å². The molecule has 1 aliphatic carbocycles. The molecule has 1 fully saturated rings. The molecular formula is C17H24N2. The molecule has 102 valence electrons. The van der Waals surface area contributed by atoms with Gasteiger partial charge in [-0.3, -0.25) is 0 Å². The summed E-state index contributed by atoms with van der Waals surface area (Å²) in [6.45, 7) is 3.31. The van der Waals surface area contributed by atoms with Gasteiger partial charge in [-0.05, 0) is 57.2 Å². The van der Waals surface area contributed by atoms with E-state index >= 15 is 0 Å². The number of likely N-dealkylation sites (N-methyl/N-ethyl adjacent to an activating group) is 1. The first-order valence-corrected chi connectivity index (χ1v) is 7.35. The van der Waals surface area contributed by atoms with E-state index in [4.69, 9.17) is 5.26 Å². The lowest BCUT2D eigenvalue weighted by Crippen LogP contribution is -2.36. The Labute approximate surface area is 117 Å². The quantitative estimate of drug-likeness (QED) is 0.823. The van der Waals surface area contributed by atoms with E-state index in [2.05, 4.69) is 49.2 Å². The molecule has 0 unspecified atom stereocenters. The van der Waals surface area contributed by atoms with E-state index in [0.717, 1.165) is 25.8 Å². The Balaban J connectivity index is 1.81. The molecule has 0 radical (unpaired) electrons. The normalized spacial score (nSPS) is 23.3. The fourth-order valence-corrected chi connectivity index (χ4v) is 3.02. The van der Waals surface area contributed by atoms with Crippen LogP contribution < -0.4 is 0 Å². The molecule has 0 atom stereocenters. The molecule has 19 heavy (non-hydrogen) atoms. The third-order valence-electron chi connectivity index (χ3n) is 4.50. The van der Waals surface area contributed by atoms with Crippen LogP contribution in [0.3, 0.4) is 0 Å². The van der Waals surface area contributed by atoms with Gasteiger partial charge in [0, 0.05) is 18.5 Å². The Morgan fingerprint density at radius 3 is 2.53 bits per heavy atom. The van der Waals surface area contributed by atoms with Crippen molar-refractivity contribution in [3.63, 3.8) is 0 Å².